The molecule has 0 radical (unpaired) electrons. The average molecular weight is 419 g/mol. The minimum atomic E-state index is -4.39. The molecule has 4 rings (SSSR count). The van der Waals surface area contributed by atoms with Crippen LogP contribution >= 0.6 is 0 Å². The highest BCUT2D eigenvalue weighted by Gasteiger charge is 2.31. The topological polar surface area (TPSA) is 29.0 Å². The Morgan fingerprint density at radius 1 is 0.774 bits per heavy atom. The Hall–Kier alpha value is -3.67. The molecule has 0 aliphatic rings. The number of alkyl halides is 3. The lowest BCUT2D eigenvalue weighted by Crippen LogP contribution is -2.22. The van der Waals surface area contributed by atoms with Gasteiger partial charge in [-0.3, -0.25) is 9.97 Å². The molecule has 3 nitrogen and oxygen atoms in total. The Kier molecular flexibility index (Phi) is 5.71. The standard InChI is InChI=1S/C25H20F3N3/c1-18(31(21-9-5-13-29-16-21)22-10-6-14-30-17-22)23-11-2-3-12-24(23)19-7-4-8-20(15-19)25(26,27)28/h2-18H,1H3. The molecule has 4 aromatic rings. The molecule has 156 valence electrons. The molecule has 1 atom stereocenters. The fraction of sp³-hybridized carbons (Fsp3) is 0.120. The minimum Gasteiger partial charge on any atom is -0.332 e. The van der Waals surface area contributed by atoms with E-state index in [-0.39, 0.29) is 6.04 Å². The van der Waals surface area contributed by atoms with Crippen LogP contribution in [0.25, 0.3) is 11.1 Å². The number of halogens is 3. The number of rotatable bonds is 5. The van der Waals surface area contributed by atoms with Crippen molar-refractivity contribution in [3.8, 4) is 11.1 Å². The van der Waals surface area contributed by atoms with Crippen LogP contribution in [0.2, 0.25) is 0 Å². The van der Waals surface area contributed by atoms with Crippen LogP contribution in [0.1, 0.15) is 24.1 Å². The summed E-state index contributed by atoms with van der Waals surface area (Å²) < 4.78 is 39.9. The Morgan fingerprint density at radius 2 is 1.42 bits per heavy atom. The maximum atomic E-state index is 13.3. The summed E-state index contributed by atoms with van der Waals surface area (Å²) in [6, 6.07) is 20.4. The summed E-state index contributed by atoms with van der Waals surface area (Å²) in [5.74, 6) is 0. The van der Waals surface area contributed by atoms with E-state index in [2.05, 4.69) is 14.9 Å². The van der Waals surface area contributed by atoms with Crippen molar-refractivity contribution in [3.63, 3.8) is 0 Å². The highest BCUT2D eigenvalue weighted by molar-refractivity contribution is 5.72. The fourth-order valence-corrected chi connectivity index (χ4v) is 3.72. The third kappa shape index (κ3) is 4.43. The first-order chi connectivity index (χ1) is 14.9. The molecule has 2 heterocycles. The van der Waals surface area contributed by atoms with Gasteiger partial charge in [-0.05, 0) is 60.0 Å². The van der Waals surface area contributed by atoms with Gasteiger partial charge in [-0.2, -0.15) is 13.2 Å². The Morgan fingerprint density at radius 3 is 2.00 bits per heavy atom. The van der Waals surface area contributed by atoms with Crippen LogP contribution in [-0.2, 0) is 6.18 Å². The van der Waals surface area contributed by atoms with Gasteiger partial charge in [0.1, 0.15) is 0 Å². The van der Waals surface area contributed by atoms with Gasteiger partial charge in [0.05, 0.1) is 35.4 Å². The van der Waals surface area contributed by atoms with E-state index in [4.69, 9.17) is 0 Å². The van der Waals surface area contributed by atoms with E-state index in [0.717, 1.165) is 28.6 Å². The van der Waals surface area contributed by atoms with Crippen molar-refractivity contribution in [2.24, 2.45) is 0 Å². The van der Waals surface area contributed by atoms with Gasteiger partial charge in [-0.25, -0.2) is 0 Å². The quantitative estimate of drug-likeness (QED) is 0.347. The van der Waals surface area contributed by atoms with E-state index in [9.17, 15) is 13.2 Å². The van der Waals surface area contributed by atoms with E-state index in [1.165, 1.54) is 12.1 Å². The number of pyridine rings is 2. The lowest BCUT2D eigenvalue weighted by molar-refractivity contribution is -0.137. The predicted molar refractivity (Wildman–Crippen MR) is 116 cm³/mol. The summed E-state index contributed by atoms with van der Waals surface area (Å²) in [5.41, 5.74) is 3.23. The highest BCUT2D eigenvalue weighted by atomic mass is 19.4. The molecular weight excluding hydrogens is 399 g/mol. The molecule has 0 saturated heterocycles. The van der Waals surface area contributed by atoms with Gasteiger partial charge in [0.25, 0.3) is 0 Å². The average Bonchev–Trinajstić information content (AvgIpc) is 2.80. The van der Waals surface area contributed by atoms with Gasteiger partial charge in [0, 0.05) is 12.4 Å². The van der Waals surface area contributed by atoms with Gasteiger partial charge in [0.15, 0.2) is 0 Å². The van der Waals surface area contributed by atoms with Crippen LogP contribution in [0, 0.1) is 0 Å². The Bertz CT molecular complexity index is 1110. The number of aromatic nitrogens is 2. The second-order valence-corrected chi connectivity index (χ2v) is 7.13. The second-order valence-electron chi connectivity index (χ2n) is 7.13. The number of nitrogens with zero attached hydrogens (tertiary/aromatic N) is 3. The molecule has 0 aliphatic carbocycles. The molecule has 0 aliphatic heterocycles. The summed E-state index contributed by atoms with van der Waals surface area (Å²) in [4.78, 5) is 10.6. The third-order valence-corrected chi connectivity index (χ3v) is 5.15. The van der Waals surface area contributed by atoms with E-state index in [1.807, 2.05) is 55.5 Å². The molecule has 0 bridgehead atoms. The largest absolute Gasteiger partial charge is 0.416 e. The molecular formula is C25H20F3N3. The van der Waals surface area contributed by atoms with Crippen LogP contribution in [0.5, 0.6) is 0 Å². The van der Waals surface area contributed by atoms with E-state index < -0.39 is 11.7 Å². The predicted octanol–water partition coefficient (Wildman–Crippen LogP) is 7.06. The van der Waals surface area contributed by atoms with Gasteiger partial charge in [-0.1, -0.05) is 36.4 Å². The lowest BCUT2D eigenvalue weighted by Gasteiger charge is -2.32. The first-order valence-corrected chi connectivity index (χ1v) is 9.81. The summed E-state index contributed by atoms with van der Waals surface area (Å²) >= 11 is 0. The van der Waals surface area contributed by atoms with Crippen molar-refractivity contribution >= 4 is 11.4 Å². The van der Waals surface area contributed by atoms with Crippen molar-refractivity contribution in [3.05, 3.63) is 109 Å². The minimum absolute atomic E-state index is 0.195. The monoisotopic (exact) mass is 419 g/mol. The Balaban J connectivity index is 1.83. The first-order valence-electron chi connectivity index (χ1n) is 9.81. The highest BCUT2D eigenvalue weighted by Crippen LogP contribution is 2.39. The molecule has 31 heavy (non-hydrogen) atoms. The first kappa shape index (κ1) is 20.6. The van der Waals surface area contributed by atoms with Crippen LogP contribution in [-0.4, -0.2) is 9.97 Å². The molecule has 0 N–H and O–H groups in total. The number of hydrogen-bond donors (Lipinski definition) is 0. The van der Waals surface area contributed by atoms with E-state index >= 15 is 0 Å². The number of hydrogen-bond acceptors (Lipinski definition) is 3. The molecule has 0 fully saturated rings. The molecule has 6 heteroatoms. The molecule has 0 amide bonds. The van der Waals surface area contributed by atoms with Crippen molar-refractivity contribution in [2.75, 3.05) is 4.90 Å². The SMILES string of the molecule is CC(c1ccccc1-c1cccc(C(F)(F)F)c1)N(c1cccnc1)c1cccnc1. The molecule has 2 aromatic heterocycles. The Labute approximate surface area is 178 Å². The van der Waals surface area contributed by atoms with Crippen LogP contribution in [0.3, 0.4) is 0 Å². The maximum absolute atomic E-state index is 13.3. The van der Waals surface area contributed by atoms with Crippen molar-refractivity contribution in [1.82, 2.24) is 9.97 Å². The zero-order valence-corrected chi connectivity index (χ0v) is 16.8. The van der Waals surface area contributed by atoms with Crippen molar-refractivity contribution in [2.45, 2.75) is 19.1 Å². The zero-order chi connectivity index (χ0) is 21.8. The van der Waals surface area contributed by atoms with Crippen LogP contribution in [0.15, 0.2) is 97.6 Å². The van der Waals surface area contributed by atoms with Crippen molar-refractivity contribution in [1.29, 1.82) is 0 Å². The number of benzene rings is 2. The molecule has 0 spiro atoms. The molecule has 1 unspecified atom stereocenters. The van der Waals surface area contributed by atoms with Crippen LogP contribution < -0.4 is 4.90 Å². The number of anilines is 2. The molecule has 2 aromatic carbocycles. The summed E-state index contributed by atoms with van der Waals surface area (Å²) in [7, 11) is 0. The van der Waals surface area contributed by atoms with Gasteiger partial charge in [-0.15, -0.1) is 0 Å². The van der Waals surface area contributed by atoms with Crippen LogP contribution in [0.4, 0.5) is 24.5 Å². The van der Waals surface area contributed by atoms with E-state index in [0.29, 0.717) is 5.56 Å². The second kappa shape index (κ2) is 8.60. The van der Waals surface area contributed by atoms with E-state index in [1.54, 1.807) is 30.9 Å². The lowest BCUT2D eigenvalue weighted by atomic mass is 9.93. The van der Waals surface area contributed by atoms with Gasteiger partial charge >= 0.3 is 6.18 Å². The summed E-state index contributed by atoms with van der Waals surface area (Å²) in [6.07, 6.45) is 2.53. The fourth-order valence-electron chi connectivity index (χ4n) is 3.72. The van der Waals surface area contributed by atoms with Gasteiger partial charge < -0.3 is 4.90 Å². The normalized spacial score (nSPS) is 12.4. The van der Waals surface area contributed by atoms with Crippen molar-refractivity contribution < 1.29 is 13.2 Å². The smallest absolute Gasteiger partial charge is 0.332 e. The van der Waals surface area contributed by atoms with Gasteiger partial charge in [0.2, 0.25) is 0 Å². The third-order valence-electron chi connectivity index (χ3n) is 5.15. The maximum Gasteiger partial charge on any atom is 0.416 e. The zero-order valence-electron chi connectivity index (χ0n) is 16.8. The summed E-state index contributed by atoms with van der Waals surface area (Å²) in [6.45, 7) is 2.02. The molecule has 0 saturated carbocycles. The summed E-state index contributed by atoms with van der Waals surface area (Å²) in [5, 5.41) is 0.